The average molecular weight is 222 g/mol. The molecule has 0 saturated carbocycles. The highest BCUT2D eigenvalue weighted by Gasteiger charge is 2.22. The van der Waals surface area contributed by atoms with Crippen LogP contribution in [-0.2, 0) is 4.79 Å². The number of hydrogen-bond acceptors (Lipinski definition) is 2. The number of aliphatic hydroxyl groups is 1. The zero-order valence-corrected chi connectivity index (χ0v) is 9.73. The average Bonchev–Trinajstić information content (AvgIpc) is 2.15. The Morgan fingerprint density at radius 3 is 2.64 bits per heavy atom. The number of amides is 1. The van der Waals surface area contributed by atoms with Crippen LogP contribution in [0.15, 0.2) is 0 Å². The van der Waals surface area contributed by atoms with E-state index in [1.165, 1.54) is 0 Å². The molecule has 1 amide bonds. The van der Waals surface area contributed by atoms with Crippen molar-refractivity contribution in [2.45, 2.75) is 45.1 Å². The highest BCUT2D eigenvalue weighted by molar-refractivity contribution is 6.17. The Bertz CT molecular complexity index is 176. The first kappa shape index (κ1) is 13.7. The number of rotatable bonds is 7. The molecule has 0 aromatic rings. The third-order valence-electron chi connectivity index (χ3n) is 2.42. The van der Waals surface area contributed by atoms with E-state index in [-0.39, 0.29) is 18.1 Å². The molecule has 3 nitrogen and oxygen atoms in total. The lowest BCUT2D eigenvalue weighted by Gasteiger charge is -2.29. The smallest absolute Gasteiger partial charge is 0.220 e. The van der Waals surface area contributed by atoms with Gasteiger partial charge in [0.15, 0.2) is 0 Å². The summed E-state index contributed by atoms with van der Waals surface area (Å²) in [5, 5.41) is 11.8. The van der Waals surface area contributed by atoms with E-state index in [4.69, 9.17) is 16.7 Å². The van der Waals surface area contributed by atoms with Crippen LogP contribution in [0.1, 0.15) is 39.5 Å². The van der Waals surface area contributed by atoms with Crippen molar-refractivity contribution in [2.75, 3.05) is 12.5 Å². The number of nitrogens with one attached hydrogen (secondary N) is 1. The first-order valence-electron chi connectivity index (χ1n) is 5.06. The summed E-state index contributed by atoms with van der Waals surface area (Å²) in [4.78, 5) is 11.4. The normalized spacial score (nSPS) is 14.9. The van der Waals surface area contributed by atoms with Crippen molar-refractivity contribution in [3.63, 3.8) is 0 Å². The highest BCUT2D eigenvalue weighted by Crippen LogP contribution is 2.14. The molecule has 0 aromatic heterocycles. The molecular weight excluding hydrogens is 202 g/mol. The highest BCUT2D eigenvalue weighted by atomic mass is 35.5. The number of aliphatic hydroxyl groups excluding tert-OH is 1. The van der Waals surface area contributed by atoms with Gasteiger partial charge in [-0.3, -0.25) is 4.79 Å². The minimum atomic E-state index is -0.280. The van der Waals surface area contributed by atoms with Crippen LogP contribution in [0.5, 0.6) is 0 Å². The van der Waals surface area contributed by atoms with E-state index in [0.717, 1.165) is 6.42 Å². The maximum Gasteiger partial charge on any atom is 0.220 e. The van der Waals surface area contributed by atoms with Crippen LogP contribution in [0, 0.1) is 0 Å². The van der Waals surface area contributed by atoms with Crippen molar-refractivity contribution >= 4 is 17.5 Å². The fourth-order valence-corrected chi connectivity index (χ4v) is 1.33. The van der Waals surface area contributed by atoms with Crippen molar-refractivity contribution in [1.29, 1.82) is 0 Å². The molecule has 0 aliphatic heterocycles. The number of halogens is 1. The number of hydrogen-bond donors (Lipinski definition) is 2. The van der Waals surface area contributed by atoms with Crippen LogP contribution < -0.4 is 5.32 Å². The first-order valence-corrected chi connectivity index (χ1v) is 5.59. The fraction of sp³-hybridized carbons (Fsp3) is 0.900. The standard InChI is InChI=1S/C10H20ClNO2/c1-3-10(2,6-8-13)12-9(14)5-4-7-11/h13H,3-8H2,1-2H3,(H,12,14). The predicted octanol–water partition coefficient (Wildman–Crippen LogP) is 1.67. The van der Waals surface area contributed by atoms with Gasteiger partial charge in [0.2, 0.25) is 5.91 Å². The molecule has 0 aliphatic carbocycles. The Balaban J connectivity index is 3.96. The summed E-state index contributed by atoms with van der Waals surface area (Å²) in [5.74, 6) is 0.527. The molecule has 0 bridgehead atoms. The van der Waals surface area contributed by atoms with Gasteiger partial charge in [0.1, 0.15) is 0 Å². The van der Waals surface area contributed by atoms with Crippen molar-refractivity contribution in [3.05, 3.63) is 0 Å². The van der Waals surface area contributed by atoms with Crippen LogP contribution in [0.2, 0.25) is 0 Å². The van der Waals surface area contributed by atoms with E-state index in [1.54, 1.807) is 0 Å². The minimum absolute atomic E-state index is 0.0171. The monoisotopic (exact) mass is 221 g/mol. The summed E-state index contributed by atoms with van der Waals surface area (Å²) in [6.45, 7) is 4.04. The van der Waals surface area contributed by atoms with E-state index in [1.807, 2.05) is 13.8 Å². The second-order valence-electron chi connectivity index (χ2n) is 3.73. The maximum absolute atomic E-state index is 11.4. The van der Waals surface area contributed by atoms with E-state index in [2.05, 4.69) is 5.32 Å². The molecule has 0 radical (unpaired) electrons. The predicted molar refractivity (Wildman–Crippen MR) is 58.5 cm³/mol. The van der Waals surface area contributed by atoms with Crippen LogP contribution in [-0.4, -0.2) is 29.0 Å². The van der Waals surface area contributed by atoms with Crippen LogP contribution in [0.3, 0.4) is 0 Å². The number of carbonyl (C=O) groups is 1. The second-order valence-corrected chi connectivity index (χ2v) is 4.11. The van der Waals surface area contributed by atoms with Crippen LogP contribution in [0.4, 0.5) is 0 Å². The molecule has 0 aromatic carbocycles. The molecule has 0 spiro atoms. The van der Waals surface area contributed by atoms with Gasteiger partial charge in [-0.2, -0.15) is 0 Å². The number of alkyl halides is 1. The van der Waals surface area contributed by atoms with E-state index in [9.17, 15) is 4.79 Å². The third kappa shape index (κ3) is 5.45. The Labute approximate surface area is 90.8 Å². The molecule has 0 rings (SSSR count). The van der Waals surface area contributed by atoms with Gasteiger partial charge in [-0.05, 0) is 26.2 Å². The van der Waals surface area contributed by atoms with Crippen molar-refractivity contribution in [2.24, 2.45) is 0 Å². The molecule has 84 valence electrons. The third-order valence-corrected chi connectivity index (χ3v) is 2.69. The Morgan fingerprint density at radius 1 is 1.57 bits per heavy atom. The zero-order valence-electron chi connectivity index (χ0n) is 8.98. The SMILES string of the molecule is CCC(C)(CCO)NC(=O)CCCCl. The van der Waals surface area contributed by atoms with Gasteiger partial charge < -0.3 is 10.4 Å². The second kappa shape index (κ2) is 7.07. The maximum atomic E-state index is 11.4. The lowest BCUT2D eigenvalue weighted by atomic mass is 9.94. The Hall–Kier alpha value is -0.280. The van der Waals surface area contributed by atoms with Crippen LogP contribution in [0.25, 0.3) is 0 Å². The zero-order chi connectivity index (χ0) is 11.0. The number of carbonyl (C=O) groups excluding carboxylic acids is 1. The first-order chi connectivity index (χ1) is 6.58. The summed E-state index contributed by atoms with van der Waals surface area (Å²) >= 11 is 5.49. The molecule has 0 aliphatic rings. The molecule has 4 heteroatoms. The van der Waals surface area contributed by atoms with Gasteiger partial charge in [-0.1, -0.05) is 6.92 Å². The summed E-state index contributed by atoms with van der Waals surface area (Å²) in [6, 6.07) is 0. The molecule has 0 saturated heterocycles. The fourth-order valence-electron chi connectivity index (χ4n) is 1.20. The lowest BCUT2D eigenvalue weighted by Crippen LogP contribution is -2.46. The van der Waals surface area contributed by atoms with Crippen molar-refractivity contribution in [3.8, 4) is 0 Å². The minimum Gasteiger partial charge on any atom is -0.396 e. The quantitative estimate of drug-likeness (QED) is 0.643. The Morgan fingerprint density at radius 2 is 2.21 bits per heavy atom. The largest absolute Gasteiger partial charge is 0.396 e. The molecular formula is C10H20ClNO2. The lowest BCUT2D eigenvalue weighted by molar-refractivity contribution is -0.123. The van der Waals surface area contributed by atoms with Crippen LogP contribution >= 0.6 is 11.6 Å². The summed E-state index contributed by atoms with van der Waals surface area (Å²) in [7, 11) is 0. The van der Waals surface area contributed by atoms with Gasteiger partial charge in [0, 0.05) is 24.4 Å². The molecule has 2 N–H and O–H groups in total. The van der Waals surface area contributed by atoms with Gasteiger partial charge in [0.05, 0.1) is 0 Å². The summed E-state index contributed by atoms with van der Waals surface area (Å²) in [6.07, 6.45) is 2.58. The van der Waals surface area contributed by atoms with Crippen molar-refractivity contribution < 1.29 is 9.90 Å². The molecule has 1 atom stereocenters. The van der Waals surface area contributed by atoms with Gasteiger partial charge in [-0.25, -0.2) is 0 Å². The molecule has 1 unspecified atom stereocenters. The molecule has 14 heavy (non-hydrogen) atoms. The molecule has 0 heterocycles. The van der Waals surface area contributed by atoms with E-state index >= 15 is 0 Å². The Kier molecular flexibility index (Phi) is 6.93. The van der Waals surface area contributed by atoms with Gasteiger partial charge >= 0.3 is 0 Å². The molecule has 0 fully saturated rings. The van der Waals surface area contributed by atoms with E-state index < -0.39 is 0 Å². The summed E-state index contributed by atoms with van der Waals surface area (Å²) in [5.41, 5.74) is -0.280. The summed E-state index contributed by atoms with van der Waals surface area (Å²) < 4.78 is 0. The van der Waals surface area contributed by atoms with E-state index in [0.29, 0.717) is 25.1 Å². The topological polar surface area (TPSA) is 49.3 Å². The van der Waals surface area contributed by atoms with Crippen molar-refractivity contribution in [1.82, 2.24) is 5.32 Å². The van der Waals surface area contributed by atoms with Gasteiger partial charge in [-0.15, -0.1) is 11.6 Å². The van der Waals surface area contributed by atoms with Gasteiger partial charge in [0.25, 0.3) is 0 Å².